The highest BCUT2D eigenvalue weighted by atomic mass is 32.2. The third-order valence-electron chi connectivity index (χ3n) is 5.15. The van der Waals surface area contributed by atoms with Gasteiger partial charge in [0.25, 0.3) is 0 Å². The van der Waals surface area contributed by atoms with E-state index in [1.165, 1.54) is 0 Å². The third kappa shape index (κ3) is 3.54. The largest absolute Gasteiger partial charge is 0.424 e. The zero-order valence-corrected chi connectivity index (χ0v) is 16.9. The smallest absolute Gasteiger partial charge is 0.243 e. The summed E-state index contributed by atoms with van der Waals surface area (Å²) in [5.41, 5.74) is 3.71. The zero-order valence-electron chi connectivity index (χ0n) is 16.0. The fraction of sp³-hybridized carbons (Fsp3) is 0.556. The summed E-state index contributed by atoms with van der Waals surface area (Å²) in [4.78, 5) is 2.61. The van der Waals surface area contributed by atoms with Crippen LogP contribution in [-0.4, -0.2) is 54.0 Å². The molecule has 0 unspecified atom stereocenters. The molecule has 2 aromatic rings. The van der Waals surface area contributed by atoms with Gasteiger partial charge < -0.3 is 4.42 Å². The van der Waals surface area contributed by atoms with E-state index in [-0.39, 0.29) is 0 Å². The lowest BCUT2D eigenvalue weighted by Crippen LogP contribution is -2.48. The molecule has 0 radical (unpaired) electrons. The van der Waals surface area contributed by atoms with Crippen molar-refractivity contribution < 1.29 is 12.8 Å². The molecule has 0 N–H and O–H groups in total. The Balaban J connectivity index is 1.77. The number of hydrogen-bond donors (Lipinski definition) is 0. The van der Waals surface area contributed by atoms with Crippen LogP contribution >= 0.6 is 0 Å². The number of nitrogens with zero attached hydrogens (tertiary/aromatic N) is 4. The van der Waals surface area contributed by atoms with Crippen molar-refractivity contribution in [2.75, 3.05) is 26.2 Å². The Morgan fingerprint density at radius 3 is 2.04 bits per heavy atom. The molecule has 1 aromatic carbocycles. The molecule has 7 nitrogen and oxygen atoms in total. The Kier molecular flexibility index (Phi) is 5.18. The van der Waals surface area contributed by atoms with Crippen LogP contribution in [0.5, 0.6) is 0 Å². The highest BCUT2D eigenvalue weighted by Crippen LogP contribution is 2.29. The highest BCUT2D eigenvalue weighted by molar-refractivity contribution is 7.89. The van der Waals surface area contributed by atoms with E-state index in [0.717, 1.165) is 22.3 Å². The highest BCUT2D eigenvalue weighted by Gasteiger charge is 2.32. The summed E-state index contributed by atoms with van der Waals surface area (Å²) >= 11 is 0. The number of piperazine rings is 1. The molecule has 1 saturated heterocycles. The molecule has 3 rings (SSSR count). The molecule has 0 atom stereocenters. The molecule has 0 amide bonds. The quantitative estimate of drug-likeness (QED) is 0.811. The van der Waals surface area contributed by atoms with Crippen molar-refractivity contribution in [2.24, 2.45) is 0 Å². The molecule has 142 valence electrons. The van der Waals surface area contributed by atoms with Crippen LogP contribution in [-0.2, 0) is 16.6 Å². The molecular formula is C18H26N4O3S. The first-order valence-corrected chi connectivity index (χ1v) is 10.2. The topological polar surface area (TPSA) is 79.5 Å². The van der Waals surface area contributed by atoms with Crippen molar-refractivity contribution in [3.05, 3.63) is 40.1 Å². The van der Waals surface area contributed by atoms with E-state index in [0.29, 0.717) is 49.4 Å². The fourth-order valence-electron chi connectivity index (χ4n) is 3.42. The Bertz CT molecular complexity index is 887. The van der Waals surface area contributed by atoms with Crippen LogP contribution in [0.3, 0.4) is 0 Å². The van der Waals surface area contributed by atoms with Gasteiger partial charge in [-0.2, -0.15) is 4.31 Å². The molecule has 0 aliphatic carbocycles. The normalized spacial score (nSPS) is 17.0. The summed E-state index contributed by atoms with van der Waals surface area (Å²) in [6, 6.07) is 2.05. The van der Waals surface area contributed by atoms with Gasteiger partial charge in [-0.3, -0.25) is 4.90 Å². The summed E-state index contributed by atoms with van der Waals surface area (Å²) in [6.45, 7) is 12.2. The first kappa shape index (κ1) is 19.0. The van der Waals surface area contributed by atoms with E-state index in [1.54, 1.807) is 11.2 Å². The maximum Gasteiger partial charge on any atom is 0.243 e. The lowest BCUT2D eigenvalue weighted by atomic mass is 10.0. The number of aromatic nitrogens is 2. The zero-order chi connectivity index (χ0) is 19.1. The molecule has 0 saturated carbocycles. The van der Waals surface area contributed by atoms with Gasteiger partial charge in [-0.15, -0.1) is 10.2 Å². The summed E-state index contributed by atoms with van der Waals surface area (Å²) in [5, 5.41) is 7.84. The monoisotopic (exact) mass is 378 g/mol. The second-order valence-corrected chi connectivity index (χ2v) is 8.86. The lowest BCUT2D eigenvalue weighted by molar-refractivity contribution is 0.167. The molecule has 0 spiro atoms. The van der Waals surface area contributed by atoms with Crippen LogP contribution in [0.1, 0.15) is 34.0 Å². The van der Waals surface area contributed by atoms with Crippen molar-refractivity contribution in [3.8, 4) is 0 Å². The van der Waals surface area contributed by atoms with Gasteiger partial charge in [-0.1, -0.05) is 6.07 Å². The Morgan fingerprint density at radius 1 is 0.962 bits per heavy atom. The summed E-state index contributed by atoms with van der Waals surface area (Å²) in [7, 11) is -3.51. The van der Waals surface area contributed by atoms with Gasteiger partial charge >= 0.3 is 0 Å². The van der Waals surface area contributed by atoms with Crippen LogP contribution in [0.2, 0.25) is 0 Å². The Hall–Kier alpha value is -1.77. The van der Waals surface area contributed by atoms with Crippen LogP contribution in [0.4, 0.5) is 0 Å². The van der Waals surface area contributed by atoms with Gasteiger partial charge in [-0.05, 0) is 49.9 Å². The van der Waals surface area contributed by atoms with Crippen molar-refractivity contribution in [2.45, 2.75) is 46.1 Å². The maximum absolute atomic E-state index is 13.3. The maximum atomic E-state index is 13.3. The fourth-order valence-corrected chi connectivity index (χ4v) is 5.42. The van der Waals surface area contributed by atoms with E-state index in [4.69, 9.17) is 4.42 Å². The summed E-state index contributed by atoms with van der Waals surface area (Å²) < 4.78 is 33.5. The van der Waals surface area contributed by atoms with E-state index in [2.05, 4.69) is 15.1 Å². The number of rotatable bonds is 4. The number of hydrogen-bond acceptors (Lipinski definition) is 6. The van der Waals surface area contributed by atoms with Crippen LogP contribution in [0.25, 0.3) is 0 Å². The summed E-state index contributed by atoms with van der Waals surface area (Å²) in [5.74, 6) is 1.11. The Labute approximate surface area is 155 Å². The van der Waals surface area contributed by atoms with Crippen molar-refractivity contribution in [3.63, 3.8) is 0 Å². The Morgan fingerprint density at radius 2 is 1.54 bits per heavy atom. The van der Waals surface area contributed by atoms with E-state index in [9.17, 15) is 8.42 Å². The van der Waals surface area contributed by atoms with Crippen molar-refractivity contribution in [1.82, 2.24) is 19.4 Å². The minimum absolute atomic E-state index is 0.460. The van der Waals surface area contributed by atoms with Gasteiger partial charge in [0.15, 0.2) is 0 Å². The van der Waals surface area contributed by atoms with E-state index in [1.807, 2.05) is 33.8 Å². The average molecular weight is 378 g/mol. The molecule has 8 heteroatoms. The number of aryl methyl sites for hydroxylation is 3. The molecular weight excluding hydrogens is 352 g/mol. The van der Waals surface area contributed by atoms with Gasteiger partial charge in [0.05, 0.1) is 11.4 Å². The first-order chi connectivity index (χ1) is 12.2. The van der Waals surface area contributed by atoms with E-state index >= 15 is 0 Å². The van der Waals surface area contributed by atoms with Gasteiger partial charge in [0.1, 0.15) is 0 Å². The molecule has 1 aromatic heterocycles. The minimum Gasteiger partial charge on any atom is -0.424 e. The first-order valence-electron chi connectivity index (χ1n) is 8.79. The summed E-state index contributed by atoms with van der Waals surface area (Å²) in [6.07, 6.45) is 0. The van der Waals surface area contributed by atoms with Crippen LogP contribution < -0.4 is 0 Å². The third-order valence-corrected chi connectivity index (χ3v) is 7.33. The molecule has 1 aliphatic heterocycles. The molecule has 26 heavy (non-hydrogen) atoms. The predicted octanol–water partition coefficient (Wildman–Crippen LogP) is 2.12. The minimum atomic E-state index is -3.51. The van der Waals surface area contributed by atoms with Crippen molar-refractivity contribution >= 4 is 10.0 Å². The van der Waals surface area contributed by atoms with Gasteiger partial charge in [0.2, 0.25) is 21.8 Å². The molecule has 0 bridgehead atoms. The standard InChI is InChI=1S/C18H26N4O3S/c1-12-10-13(2)15(4)18(14(12)3)26(23,24)22-8-6-21(7-9-22)11-17-20-19-16(5)25-17/h10H,6-9,11H2,1-5H3. The predicted molar refractivity (Wildman–Crippen MR) is 98.5 cm³/mol. The molecule has 1 fully saturated rings. The SMILES string of the molecule is Cc1nnc(CN2CCN(S(=O)(=O)c3c(C)c(C)cc(C)c3C)CC2)o1. The van der Waals surface area contributed by atoms with Crippen molar-refractivity contribution in [1.29, 1.82) is 0 Å². The van der Waals surface area contributed by atoms with Gasteiger partial charge in [-0.25, -0.2) is 8.42 Å². The second kappa shape index (κ2) is 7.09. The lowest BCUT2D eigenvalue weighted by Gasteiger charge is -2.34. The second-order valence-electron chi connectivity index (χ2n) is 6.98. The molecule has 2 heterocycles. The van der Waals surface area contributed by atoms with Crippen LogP contribution in [0.15, 0.2) is 15.4 Å². The molecule has 1 aliphatic rings. The average Bonchev–Trinajstić information content (AvgIpc) is 2.98. The number of benzene rings is 1. The number of sulfonamides is 1. The van der Waals surface area contributed by atoms with E-state index < -0.39 is 10.0 Å². The van der Waals surface area contributed by atoms with Gasteiger partial charge in [0, 0.05) is 33.1 Å². The van der Waals surface area contributed by atoms with Crippen LogP contribution in [0, 0.1) is 34.6 Å².